The molecular formula is C22H26N2O3. The second-order valence-corrected chi connectivity index (χ2v) is 8.87. The van der Waals surface area contributed by atoms with Gasteiger partial charge in [0, 0.05) is 36.4 Å². The summed E-state index contributed by atoms with van der Waals surface area (Å²) < 4.78 is 11.5. The van der Waals surface area contributed by atoms with Gasteiger partial charge < -0.3 is 14.4 Å². The number of hydrogen-bond acceptors (Lipinski definition) is 5. The molecule has 0 bridgehead atoms. The van der Waals surface area contributed by atoms with Gasteiger partial charge in [0.25, 0.3) is 0 Å². The first-order chi connectivity index (χ1) is 13.1. The number of carbonyl (C=O) groups is 1. The Bertz CT molecular complexity index is 895. The van der Waals surface area contributed by atoms with Crippen LogP contribution in [-0.4, -0.2) is 56.4 Å². The monoisotopic (exact) mass is 366 g/mol. The van der Waals surface area contributed by atoms with Crippen molar-refractivity contribution in [3.8, 4) is 0 Å². The number of esters is 1. The minimum absolute atomic E-state index is 0.00920. The average Bonchev–Trinajstić information content (AvgIpc) is 3.33. The van der Waals surface area contributed by atoms with Crippen LogP contribution in [0.1, 0.15) is 31.7 Å². The molecule has 3 fully saturated rings. The normalized spacial score (nSPS) is 41.0. The summed E-state index contributed by atoms with van der Waals surface area (Å²) in [5, 5.41) is 0. The number of epoxide rings is 1. The van der Waals surface area contributed by atoms with Gasteiger partial charge in [-0.25, -0.2) is 4.79 Å². The molecule has 142 valence electrons. The molecule has 0 saturated carbocycles. The quantitative estimate of drug-likeness (QED) is 0.594. The highest BCUT2D eigenvalue weighted by Gasteiger charge is 2.74. The Hall–Kier alpha value is -1.85. The summed E-state index contributed by atoms with van der Waals surface area (Å²) in [6.45, 7) is 4.38. The molecule has 5 atom stereocenters. The highest BCUT2D eigenvalue weighted by Crippen LogP contribution is 2.69. The fourth-order valence-corrected chi connectivity index (χ4v) is 7.24. The van der Waals surface area contributed by atoms with Crippen molar-refractivity contribution < 1.29 is 14.3 Å². The van der Waals surface area contributed by atoms with Crippen LogP contribution in [0.15, 0.2) is 35.5 Å². The van der Waals surface area contributed by atoms with E-state index >= 15 is 0 Å². The molecule has 0 radical (unpaired) electrons. The second kappa shape index (κ2) is 4.95. The molecule has 4 aliphatic heterocycles. The first-order valence-corrected chi connectivity index (χ1v) is 10.1. The summed E-state index contributed by atoms with van der Waals surface area (Å²) in [5.41, 5.74) is 4.54. The number of rotatable bonds is 2. The SMILES string of the molecule is CC[C@@]12CC(C(=O)OC)=C3N(C)c4ccccc4[C@@]34CCN(C[C@@H]3O[C@@H]31)[C@@H]24. The third-order valence-electron chi connectivity index (χ3n) is 8.12. The zero-order valence-electron chi connectivity index (χ0n) is 16.2. The van der Waals surface area contributed by atoms with Gasteiger partial charge in [-0.15, -0.1) is 0 Å². The summed E-state index contributed by atoms with van der Waals surface area (Å²) in [4.78, 5) is 17.9. The Morgan fingerprint density at radius 3 is 2.96 bits per heavy atom. The molecular weight excluding hydrogens is 340 g/mol. The molecule has 27 heavy (non-hydrogen) atoms. The lowest BCUT2D eigenvalue weighted by Gasteiger charge is -2.55. The second-order valence-electron chi connectivity index (χ2n) is 8.87. The minimum Gasteiger partial charge on any atom is -0.466 e. The molecule has 5 nitrogen and oxygen atoms in total. The number of carbonyl (C=O) groups excluding carboxylic acids is 1. The third kappa shape index (κ3) is 1.63. The maximum atomic E-state index is 13.0. The van der Waals surface area contributed by atoms with E-state index in [1.54, 1.807) is 0 Å². The number of anilines is 1. The summed E-state index contributed by atoms with van der Waals surface area (Å²) in [7, 11) is 3.63. The number of nitrogens with zero attached hydrogens (tertiary/aromatic N) is 2. The summed E-state index contributed by atoms with van der Waals surface area (Å²) >= 11 is 0. The van der Waals surface area contributed by atoms with Crippen LogP contribution in [0.4, 0.5) is 5.69 Å². The van der Waals surface area contributed by atoms with E-state index in [2.05, 4.69) is 48.0 Å². The number of hydrogen-bond donors (Lipinski definition) is 0. The van der Waals surface area contributed by atoms with Crippen molar-refractivity contribution >= 4 is 11.7 Å². The van der Waals surface area contributed by atoms with E-state index in [4.69, 9.17) is 9.47 Å². The summed E-state index contributed by atoms with van der Waals surface area (Å²) in [5.74, 6) is -0.170. The van der Waals surface area contributed by atoms with Crippen molar-refractivity contribution in [3.63, 3.8) is 0 Å². The van der Waals surface area contributed by atoms with Crippen molar-refractivity contribution in [3.05, 3.63) is 41.1 Å². The van der Waals surface area contributed by atoms with E-state index in [-0.39, 0.29) is 22.9 Å². The topological polar surface area (TPSA) is 45.3 Å². The third-order valence-corrected chi connectivity index (χ3v) is 8.12. The van der Waals surface area contributed by atoms with Crippen molar-refractivity contribution in [1.82, 2.24) is 4.90 Å². The number of benzene rings is 1. The highest BCUT2D eigenvalue weighted by molar-refractivity contribution is 5.93. The van der Waals surface area contributed by atoms with Gasteiger partial charge in [-0.05, 0) is 37.4 Å². The van der Waals surface area contributed by atoms with Crippen LogP contribution in [0.3, 0.4) is 0 Å². The van der Waals surface area contributed by atoms with Crippen LogP contribution in [-0.2, 0) is 19.7 Å². The molecule has 6 rings (SSSR count). The Kier molecular flexibility index (Phi) is 2.96. The van der Waals surface area contributed by atoms with Gasteiger partial charge in [-0.1, -0.05) is 25.1 Å². The minimum atomic E-state index is -0.170. The first kappa shape index (κ1) is 16.1. The first-order valence-electron chi connectivity index (χ1n) is 10.1. The standard InChI is InChI=1S/C22H26N2O3/c1-4-21-11-13(19(25)26-3)17-22(14-7-5-6-8-15(14)23(17)2)9-10-24(20(21)22)12-16-18(21)27-16/h5-8,16,18,20H,4,9-12H2,1-3H3/t16-,18-,20-,21+,22-/m0/s1. The van der Waals surface area contributed by atoms with Crippen LogP contribution >= 0.6 is 0 Å². The lowest BCUT2D eigenvalue weighted by atomic mass is 9.53. The Morgan fingerprint density at radius 2 is 2.19 bits per heavy atom. The van der Waals surface area contributed by atoms with Gasteiger partial charge in [0.15, 0.2) is 0 Å². The zero-order valence-corrected chi connectivity index (χ0v) is 16.2. The summed E-state index contributed by atoms with van der Waals surface area (Å²) in [6.07, 6.45) is 3.46. The lowest BCUT2D eigenvalue weighted by Crippen LogP contribution is -2.63. The molecule has 5 heteroatoms. The number of ether oxygens (including phenoxy) is 2. The van der Waals surface area contributed by atoms with Gasteiger partial charge in [0.05, 0.1) is 30.3 Å². The number of methoxy groups -OCH3 is 1. The maximum Gasteiger partial charge on any atom is 0.335 e. The van der Waals surface area contributed by atoms with Crippen molar-refractivity contribution in [2.75, 3.05) is 32.1 Å². The largest absolute Gasteiger partial charge is 0.466 e. The van der Waals surface area contributed by atoms with Crippen LogP contribution in [0, 0.1) is 5.41 Å². The highest BCUT2D eigenvalue weighted by atomic mass is 16.6. The molecule has 0 amide bonds. The Balaban J connectivity index is 1.69. The molecule has 1 aromatic rings. The van der Waals surface area contributed by atoms with E-state index < -0.39 is 0 Å². The van der Waals surface area contributed by atoms with Gasteiger partial charge in [0.1, 0.15) is 0 Å². The van der Waals surface area contributed by atoms with Crippen LogP contribution in [0.5, 0.6) is 0 Å². The molecule has 1 aromatic carbocycles. The molecule has 3 saturated heterocycles. The number of piperidine rings is 1. The molecule has 0 N–H and O–H groups in total. The molecule has 0 unspecified atom stereocenters. The summed E-state index contributed by atoms with van der Waals surface area (Å²) in [6, 6.07) is 9.12. The molecule has 1 spiro atoms. The number of para-hydroxylation sites is 1. The molecule has 4 heterocycles. The predicted octanol–water partition coefficient (Wildman–Crippen LogP) is 2.46. The molecule has 5 aliphatic rings. The van der Waals surface area contributed by atoms with Crippen molar-refractivity contribution in [2.24, 2.45) is 5.41 Å². The van der Waals surface area contributed by atoms with Crippen LogP contribution < -0.4 is 4.90 Å². The number of likely N-dealkylation sites (N-methyl/N-ethyl adjacent to an activating group) is 1. The van der Waals surface area contributed by atoms with Gasteiger partial charge in [0.2, 0.25) is 0 Å². The zero-order chi connectivity index (χ0) is 18.6. The van der Waals surface area contributed by atoms with E-state index in [0.29, 0.717) is 12.1 Å². The fraction of sp³-hybridized carbons (Fsp3) is 0.591. The predicted molar refractivity (Wildman–Crippen MR) is 102 cm³/mol. The van der Waals surface area contributed by atoms with Gasteiger partial charge >= 0.3 is 5.97 Å². The molecule has 0 aromatic heterocycles. The smallest absolute Gasteiger partial charge is 0.335 e. The van der Waals surface area contributed by atoms with Crippen LogP contribution in [0.2, 0.25) is 0 Å². The fourth-order valence-electron chi connectivity index (χ4n) is 7.24. The maximum absolute atomic E-state index is 13.0. The van der Waals surface area contributed by atoms with E-state index in [9.17, 15) is 4.79 Å². The van der Waals surface area contributed by atoms with E-state index in [1.165, 1.54) is 24.1 Å². The van der Waals surface area contributed by atoms with Crippen molar-refractivity contribution in [1.29, 1.82) is 0 Å². The van der Waals surface area contributed by atoms with Gasteiger partial charge in [-0.2, -0.15) is 0 Å². The lowest BCUT2D eigenvalue weighted by molar-refractivity contribution is -0.137. The van der Waals surface area contributed by atoms with Crippen molar-refractivity contribution in [2.45, 2.75) is 49.9 Å². The van der Waals surface area contributed by atoms with E-state index in [1.807, 2.05) is 0 Å². The van der Waals surface area contributed by atoms with E-state index in [0.717, 1.165) is 37.9 Å². The van der Waals surface area contributed by atoms with Gasteiger partial charge in [-0.3, -0.25) is 4.90 Å². The Labute approximate surface area is 159 Å². The number of fused-ring (bicyclic) bond motifs is 3. The Morgan fingerprint density at radius 1 is 1.37 bits per heavy atom. The molecule has 1 aliphatic carbocycles. The average molecular weight is 366 g/mol. The van der Waals surface area contributed by atoms with Crippen LogP contribution in [0.25, 0.3) is 0 Å².